The summed E-state index contributed by atoms with van der Waals surface area (Å²) in [5, 5.41) is 14.5. The van der Waals surface area contributed by atoms with Gasteiger partial charge in [-0.15, -0.1) is 0 Å². The largest absolute Gasteiger partial charge is 0.465 e. The lowest BCUT2D eigenvalue weighted by atomic mass is 10.2. The summed E-state index contributed by atoms with van der Waals surface area (Å²) in [7, 11) is 2.53. The highest BCUT2D eigenvalue weighted by molar-refractivity contribution is 5.90. The number of anilines is 2. The first-order chi connectivity index (χ1) is 14.9. The highest BCUT2D eigenvalue weighted by Crippen LogP contribution is 2.35. The quantitative estimate of drug-likeness (QED) is 0.340. The van der Waals surface area contributed by atoms with Crippen molar-refractivity contribution in [2.45, 2.75) is 0 Å². The lowest BCUT2D eigenvalue weighted by molar-refractivity contribution is -0.385. The van der Waals surface area contributed by atoms with Crippen LogP contribution in [0, 0.1) is 10.1 Å². The predicted octanol–water partition coefficient (Wildman–Crippen LogP) is 3.49. The summed E-state index contributed by atoms with van der Waals surface area (Å²) in [6.07, 6.45) is 1.11. The van der Waals surface area contributed by atoms with Gasteiger partial charge in [-0.2, -0.15) is 4.98 Å². The Morgan fingerprint density at radius 2 is 1.45 bits per heavy atom. The smallest absolute Gasteiger partial charge is 0.373 e. The molecule has 0 unspecified atom stereocenters. The van der Waals surface area contributed by atoms with Gasteiger partial charge in [0.05, 0.1) is 30.3 Å². The van der Waals surface area contributed by atoms with Crippen molar-refractivity contribution in [3.8, 4) is 11.6 Å². The molecular formula is C20H16N4O7. The van der Waals surface area contributed by atoms with Gasteiger partial charge in [0.2, 0.25) is 5.82 Å². The molecule has 0 fully saturated rings. The summed E-state index contributed by atoms with van der Waals surface area (Å²) in [6.45, 7) is 0. The molecule has 31 heavy (non-hydrogen) atoms. The molecule has 0 amide bonds. The fourth-order valence-electron chi connectivity index (χ4n) is 2.53. The average Bonchev–Trinajstić information content (AvgIpc) is 2.79. The van der Waals surface area contributed by atoms with E-state index in [4.69, 9.17) is 4.74 Å². The zero-order chi connectivity index (χ0) is 22.4. The molecular weight excluding hydrogens is 408 g/mol. The van der Waals surface area contributed by atoms with E-state index in [9.17, 15) is 19.7 Å². The van der Waals surface area contributed by atoms with Gasteiger partial charge in [-0.3, -0.25) is 10.1 Å². The van der Waals surface area contributed by atoms with E-state index in [2.05, 4.69) is 24.8 Å². The summed E-state index contributed by atoms with van der Waals surface area (Å²) in [4.78, 5) is 41.8. The van der Waals surface area contributed by atoms with Crippen molar-refractivity contribution in [3.05, 3.63) is 76.1 Å². The lowest BCUT2D eigenvalue weighted by Gasteiger charge is -2.10. The van der Waals surface area contributed by atoms with E-state index in [0.717, 1.165) is 6.33 Å². The maximum Gasteiger partial charge on any atom is 0.373 e. The number of nitro groups is 1. The van der Waals surface area contributed by atoms with Gasteiger partial charge in [-0.25, -0.2) is 14.6 Å². The molecule has 3 aromatic rings. The molecule has 0 radical (unpaired) electrons. The standard InChI is InChI=1S/C20H16N4O7/c1-29-19(25)12-3-7-14(8-4-12)23-17-16(24(27)28)18(22-11-21-17)31-15-9-5-13(6-10-15)20(26)30-2/h3-11H,1-2H3,(H,21,22,23). The van der Waals surface area contributed by atoms with E-state index in [1.807, 2.05) is 0 Å². The number of nitrogens with zero attached hydrogens (tertiary/aromatic N) is 3. The van der Waals surface area contributed by atoms with Gasteiger partial charge in [0.25, 0.3) is 0 Å². The van der Waals surface area contributed by atoms with E-state index in [1.54, 1.807) is 12.1 Å². The van der Waals surface area contributed by atoms with Crippen LogP contribution in [0.3, 0.4) is 0 Å². The van der Waals surface area contributed by atoms with Crippen LogP contribution in [-0.4, -0.2) is 41.0 Å². The van der Waals surface area contributed by atoms with Crippen molar-refractivity contribution in [1.29, 1.82) is 0 Å². The Balaban J connectivity index is 1.86. The molecule has 1 N–H and O–H groups in total. The van der Waals surface area contributed by atoms with Crippen LogP contribution in [0.4, 0.5) is 17.2 Å². The minimum Gasteiger partial charge on any atom is -0.465 e. The molecule has 0 bridgehead atoms. The molecule has 0 spiro atoms. The molecule has 11 heteroatoms. The van der Waals surface area contributed by atoms with Crippen LogP contribution in [0.5, 0.6) is 11.6 Å². The third-order valence-corrected chi connectivity index (χ3v) is 4.03. The van der Waals surface area contributed by atoms with E-state index in [-0.39, 0.29) is 17.4 Å². The van der Waals surface area contributed by atoms with Crippen molar-refractivity contribution < 1.29 is 28.7 Å². The van der Waals surface area contributed by atoms with Crippen molar-refractivity contribution in [1.82, 2.24) is 9.97 Å². The Kier molecular flexibility index (Phi) is 6.36. The van der Waals surface area contributed by atoms with Crippen LogP contribution in [-0.2, 0) is 9.47 Å². The number of hydrogen-bond acceptors (Lipinski definition) is 10. The summed E-state index contributed by atoms with van der Waals surface area (Å²) in [5.74, 6) is -1.20. The predicted molar refractivity (Wildman–Crippen MR) is 108 cm³/mol. The number of carbonyl (C=O) groups excluding carboxylic acids is 2. The van der Waals surface area contributed by atoms with Crippen molar-refractivity contribution in [2.24, 2.45) is 0 Å². The fourth-order valence-corrected chi connectivity index (χ4v) is 2.53. The second kappa shape index (κ2) is 9.31. The average molecular weight is 424 g/mol. The molecule has 158 valence electrons. The summed E-state index contributed by atoms with van der Waals surface area (Å²) in [6, 6.07) is 11.9. The molecule has 0 atom stereocenters. The first-order valence-corrected chi connectivity index (χ1v) is 8.74. The minimum atomic E-state index is -0.677. The van der Waals surface area contributed by atoms with E-state index < -0.39 is 22.5 Å². The molecule has 1 aromatic heterocycles. The number of aromatic nitrogens is 2. The Morgan fingerprint density at radius 1 is 0.903 bits per heavy atom. The van der Waals surface area contributed by atoms with Gasteiger partial charge in [0.1, 0.15) is 12.1 Å². The van der Waals surface area contributed by atoms with Gasteiger partial charge < -0.3 is 19.5 Å². The topological polar surface area (TPSA) is 143 Å². The molecule has 1 heterocycles. The minimum absolute atomic E-state index is 0.105. The van der Waals surface area contributed by atoms with Crippen LogP contribution in [0.1, 0.15) is 20.7 Å². The molecule has 2 aromatic carbocycles. The Hall–Kier alpha value is -4.54. The van der Waals surface area contributed by atoms with E-state index >= 15 is 0 Å². The first-order valence-electron chi connectivity index (χ1n) is 8.74. The number of rotatable bonds is 7. The molecule has 0 aliphatic rings. The van der Waals surface area contributed by atoms with Crippen molar-refractivity contribution in [3.63, 3.8) is 0 Å². The maximum absolute atomic E-state index is 11.7. The number of esters is 2. The van der Waals surface area contributed by atoms with Gasteiger partial charge in [0.15, 0.2) is 0 Å². The number of hydrogen-bond donors (Lipinski definition) is 1. The fraction of sp³-hybridized carbons (Fsp3) is 0.100. The van der Waals surface area contributed by atoms with Gasteiger partial charge >= 0.3 is 23.5 Å². The number of benzene rings is 2. The van der Waals surface area contributed by atoms with Crippen LogP contribution in [0.25, 0.3) is 0 Å². The summed E-state index contributed by atoms with van der Waals surface area (Å²) < 4.78 is 14.8. The number of nitrogens with one attached hydrogen (secondary N) is 1. The number of carbonyl (C=O) groups is 2. The van der Waals surface area contributed by atoms with Crippen LogP contribution >= 0.6 is 0 Å². The zero-order valence-corrected chi connectivity index (χ0v) is 16.4. The normalized spacial score (nSPS) is 10.1. The Bertz CT molecular complexity index is 1040. The lowest BCUT2D eigenvalue weighted by Crippen LogP contribution is -2.04. The molecule has 0 saturated heterocycles. The van der Waals surface area contributed by atoms with Gasteiger partial charge in [-0.05, 0) is 48.5 Å². The molecule has 3 rings (SSSR count). The third-order valence-electron chi connectivity index (χ3n) is 4.03. The monoisotopic (exact) mass is 424 g/mol. The summed E-state index contributed by atoms with van der Waals surface area (Å²) >= 11 is 0. The number of ether oxygens (including phenoxy) is 3. The van der Waals surface area contributed by atoms with E-state index in [0.29, 0.717) is 16.8 Å². The second-order valence-corrected chi connectivity index (χ2v) is 5.95. The molecule has 0 saturated carbocycles. The third kappa shape index (κ3) is 4.90. The Morgan fingerprint density at radius 3 is 1.97 bits per heavy atom. The first kappa shape index (κ1) is 21.2. The number of methoxy groups -OCH3 is 2. The SMILES string of the molecule is COC(=O)c1ccc(Nc2ncnc(Oc3ccc(C(=O)OC)cc3)c2[N+](=O)[O-])cc1. The molecule has 0 aliphatic heterocycles. The summed E-state index contributed by atoms with van der Waals surface area (Å²) in [5.41, 5.74) is 0.578. The van der Waals surface area contributed by atoms with Crippen LogP contribution in [0.15, 0.2) is 54.9 Å². The molecule has 0 aliphatic carbocycles. The molecule has 11 nitrogen and oxygen atoms in total. The zero-order valence-electron chi connectivity index (χ0n) is 16.4. The van der Waals surface area contributed by atoms with E-state index in [1.165, 1.54) is 50.6 Å². The van der Waals surface area contributed by atoms with Gasteiger partial charge in [-0.1, -0.05) is 0 Å². The van der Waals surface area contributed by atoms with Crippen LogP contribution in [0.2, 0.25) is 0 Å². The van der Waals surface area contributed by atoms with Crippen molar-refractivity contribution in [2.75, 3.05) is 19.5 Å². The second-order valence-electron chi connectivity index (χ2n) is 5.95. The van der Waals surface area contributed by atoms with Crippen LogP contribution < -0.4 is 10.1 Å². The maximum atomic E-state index is 11.7. The van der Waals surface area contributed by atoms with Gasteiger partial charge in [0, 0.05) is 5.69 Å². The van der Waals surface area contributed by atoms with Crippen molar-refractivity contribution >= 4 is 29.1 Å². The Labute approximate surface area is 175 Å². The highest BCUT2D eigenvalue weighted by atomic mass is 16.6. The highest BCUT2D eigenvalue weighted by Gasteiger charge is 2.25.